The Kier molecular flexibility index (Phi) is 8.74. The van der Waals surface area contributed by atoms with E-state index in [1.807, 2.05) is 12.1 Å². The van der Waals surface area contributed by atoms with E-state index in [0.29, 0.717) is 25.1 Å². The Morgan fingerprint density at radius 3 is 2.32 bits per heavy atom. The third-order valence-electron chi connectivity index (χ3n) is 4.67. The molecule has 0 heterocycles. The van der Waals surface area contributed by atoms with Crippen LogP contribution in [0.25, 0.3) is 0 Å². The van der Waals surface area contributed by atoms with Gasteiger partial charge in [0.15, 0.2) is 0 Å². The van der Waals surface area contributed by atoms with Crippen molar-refractivity contribution < 1.29 is 9.53 Å². The number of benzene rings is 1. The van der Waals surface area contributed by atoms with E-state index < -0.39 is 0 Å². The highest BCUT2D eigenvalue weighted by Gasteiger charge is 2.19. The van der Waals surface area contributed by atoms with Crippen LogP contribution in [0, 0.1) is 0 Å². The van der Waals surface area contributed by atoms with Gasteiger partial charge >= 0.3 is 0 Å². The van der Waals surface area contributed by atoms with Crippen LogP contribution < -0.4 is 15.8 Å². The summed E-state index contributed by atoms with van der Waals surface area (Å²) in [5.74, 6) is 0.992. The first-order chi connectivity index (χ1) is 11.3. The standard InChI is InChI=1S/C20H32N2O2.ClH/c1-20(2,3)15-6-12-18(13-7-15)24-14-4-5-19(23)22-17-10-8-16(21)9-11-17;/h6-7,12-13,16-17H,4-5,8-11,14,21H2,1-3H3,(H,22,23);1H. The van der Waals surface area contributed by atoms with Crippen LogP contribution in [0.15, 0.2) is 24.3 Å². The molecule has 1 amide bonds. The number of rotatable bonds is 6. The molecule has 25 heavy (non-hydrogen) atoms. The predicted molar refractivity (Wildman–Crippen MR) is 105 cm³/mol. The number of ether oxygens (including phenoxy) is 1. The van der Waals surface area contributed by atoms with Gasteiger partial charge < -0.3 is 15.8 Å². The molecule has 1 saturated carbocycles. The number of hydrogen-bond donors (Lipinski definition) is 2. The summed E-state index contributed by atoms with van der Waals surface area (Å²) >= 11 is 0. The SMILES string of the molecule is CC(C)(C)c1ccc(OCCCC(=O)NC2CCC(N)CC2)cc1.Cl. The Balaban J connectivity index is 0.00000312. The van der Waals surface area contributed by atoms with E-state index in [1.165, 1.54) is 5.56 Å². The number of amides is 1. The fraction of sp³-hybridized carbons (Fsp3) is 0.650. The molecule has 0 unspecified atom stereocenters. The molecule has 2 rings (SSSR count). The summed E-state index contributed by atoms with van der Waals surface area (Å²) in [4.78, 5) is 12.0. The Bertz CT molecular complexity index is 517. The van der Waals surface area contributed by atoms with Gasteiger partial charge in [-0.05, 0) is 55.2 Å². The monoisotopic (exact) mass is 368 g/mol. The number of hydrogen-bond acceptors (Lipinski definition) is 3. The zero-order chi connectivity index (χ0) is 17.6. The molecule has 1 aromatic carbocycles. The molecule has 0 saturated heterocycles. The van der Waals surface area contributed by atoms with Crippen molar-refractivity contribution in [3.05, 3.63) is 29.8 Å². The highest BCUT2D eigenvalue weighted by molar-refractivity contribution is 5.85. The van der Waals surface area contributed by atoms with E-state index in [1.54, 1.807) is 0 Å². The zero-order valence-electron chi connectivity index (χ0n) is 15.7. The van der Waals surface area contributed by atoms with Crippen molar-refractivity contribution in [2.75, 3.05) is 6.61 Å². The Labute approximate surface area is 158 Å². The average molecular weight is 369 g/mol. The summed E-state index contributed by atoms with van der Waals surface area (Å²) in [6.45, 7) is 7.16. The molecule has 4 nitrogen and oxygen atoms in total. The van der Waals surface area contributed by atoms with Crippen molar-refractivity contribution in [3.8, 4) is 5.75 Å². The third-order valence-corrected chi connectivity index (χ3v) is 4.67. The van der Waals surface area contributed by atoms with Crippen LogP contribution in [0.4, 0.5) is 0 Å². The fourth-order valence-corrected chi connectivity index (χ4v) is 3.04. The Hall–Kier alpha value is -1.26. The van der Waals surface area contributed by atoms with Gasteiger partial charge in [0.25, 0.3) is 0 Å². The lowest BCUT2D eigenvalue weighted by Crippen LogP contribution is -2.40. The van der Waals surface area contributed by atoms with Crippen LogP contribution in [0.1, 0.15) is 64.9 Å². The maximum Gasteiger partial charge on any atom is 0.220 e. The Morgan fingerprint density at radius 2 is 1.76 bits per heavy atom. The van der Waals surface area contributed by atoms with Crippen LogP contribution in [0.5, 0.6) is 5.75 Å². The number of carbonyl (C=O) groups excluding carboxylic acids is 1. The smallest absolute Gasteiger partial charge is 0.220 e. The number of carbonyl (C=O) groups is 1. The summed E-state index contributed by atoms with van der Waals surface area (Å²) in [5.41, 5.74) is 7.33. The average Bonchev–Trinajstić information content (AvgIpc) is 2.53. The quantitative estimate of drug-likeness (QED) is 0.747. The van der Waals surface area contributed by atoms with Crippen molar-refractivity contribution in [2.24, 2.45) is 5.73 Å². The maximum absolute atomic E-state index is 12.0. The normalized spacial score (nSPS) is 20.5. The first kappa shape index (κ1) is 21.8. The third kappa shape index (κ3) is 7.66. The van der Waals surface area contributed by atoms with Gasteiger partial charge in [0.1, 0.15) is 5.75 Å². The van der Waals surface area contributed by atoms with Gasteiger partial charge in [-0.15, -0.1) is 12.4 Å². The predicted octanol–water partition coefficient (Wildman–Crippen LogP) is 3.95. The molecule has 0 atom stereocenters. The van der Waals surface area contributed by atoms with Crippen LogP contribution in [-0.2, 0) is 10.2 Å². The molecule has 1 aromatic rings. The van der Waals surface area contributed by atoms with E-state index >= 15 is 0 Å². The van der Waals surface area contributed by atoms with Gasteiger partial charge in [-0.2, -0.15) is 0 Å². The van der Waals surface area contributed by atoms with Crippen LogP contribution in [-0.4, -0.2) is 24.6 Å². The van der Waals surface area contributed by atoms with Crippen molar-refractivity contribution in [2.45, 2.75) is 76.8 Å². The zero-order valence-corrected chi connectivity index (χ0v) is 16.5. The second-order valence-electron chi connectivity index (χ2n) is 7.91. The van der Waals surface area contributed by atoms with Crippen LogP contribution in [0.2, 0.25) is 0 Å². The topological polar surface area (TPSA) is 64.3 Å². The molecule has 0 aliphatic heterocycles. The summed E-state index contributed by atoms with van der Waals surface area (Å²) in [7, 11) is 0. The second kappa shape index (κ2) is 10.0. The molecule has 0 radical (unpaired) electrons. The van der Waals surface area contributed by atoms with Crippen molar-refractivity contribution in [3.63, 3.8) is 0 Å². The van der Waals surface area contributed by atoms with E-state index in [4.69, 9.17) is 10.5 Å². The lowest BCUT2D eigenvalue weighted by Gasteiger charge is -2.26. The summed E-state index contributed by atoms with van der Waals surface area (Å²) in [6, 6.07) is 8.85. The molecule has 3 N–H and O–H groups in total. The van der Waals surface area contributed by atoms with Crippen molar-refractivity contribution in [1.82, 2.24) is 5.32 Å². The van der Waals surface area contributed by atoms with Gasteiger partial charge in [0, 0.05) is 18.5 Å². The lowest BCUT2D eigenvalue weighted by molar-refractivity contribution is -0.122. The number of halogens is 1. The van der Waals surface area contributed by atoms with E-state index in [0.717, 1.165) is 37.9 Å². The molecular formula is C20H33ClN2O2. The Morgan fingerprint density at radius 1 is 1.16 bits per heavy atom. The van der Waals surface area contributed by atoms with E-state index in [9.17, 15) is 4.79 Å². The van der Waals surface area contributed by atoms with Crippen LogP contribution in [0.3, 0.4) is 0 Å². The lowest BCUT2D eigenvalue weighted by atomic mass is 9.87. The first-order valence-corrected chi connectivity index (χ1v) is 9.13. The fourth-order valence-electron chi connectivity index (χ4n) is 3.04. The molecule has 0 bridgehead atoms. The van der Waals surface area contributed by atoms with Gasteiger partial charge in [0.05, 0.1) is 6.61 Å². The van der Waals surface area contributed by atoms with Crippen molar-refractivity contribution in [1.29, 1.82) is 0 Å². The largest absolute Gasteiger partial charge is 0.494 e. The molecule has 0 spiro atoms. The van der Waals surface area contributed by atoms with Gasteiger partial charge in [0.2, 0.25) is 5.91 Å². The summed E-state index contributed by atoms with van der Waals surface area (Å²) in [5, 5.41) is 3.11. The molecule has 5 heteroatoms. The maximum atomic E-state index is 12.0. The molecule has 1 aliphatic rings. The van der Waals surface area contributed by atoms with Crippen molar-refractivity contribution >= 4 is 18.3 Å². The number of nitrogens with one attached hydrogen (secondary N) is 1. The van der Waals surface area contributed by atoms with E-state index in [-0.39, 0.29) is 23.7 Å². The molecular weight excluding hydrogens is 336 g/mol. The molecule has 1 fully saturated rings. The second-order valence-corrected chi connectivity index (χ2v) is 7.91. The number of nitrogens with two attached hydrogens (primary N) is 1. The minimum absolute atomic E-state index is 0. The minimum atomic E-state index is 0. The highest BCUT2D eigenvalue weighted by Crippen LogP contribution is 2.24. The van der Waals surface area contributed by atoms with E-state index in [2.05, 4.69) is 38.2 Å². The first-order valence-electron chi connectivity index (χ1n) is 9.13. The minimum Gasteiger partial charge on any atom is -0.494 e. The highest BCUT2D eigenvalue weighted by atomic mass is 35.5. The van der Waals surface area contributed by atoms with Gasteiger partial charge in [-0.25, -0.2) is 0 Å². The molecule has 142 valence electrons. The van der Waals surface area contributed by atoms with Gasteiger partial charge in [-0.1, -0.05) is 32.9 Å². The molecule has 1 aliphatic carbocycles. The molecule has 0 aromatic heterocycles. The summed E-state index contributed by atoms with van der Waals surface area (Å²) < 4.78 is 5.73. The van der Waals surface area contributed by atoms with Crippen LogP contribution >= 0.6 is 12.4 Å². The van der Waals surface area contributed by atoms with Gasteiger partial charge in [-0.3, -0.25) is 4.79 Å². The summed E-state index contributed by atoms with van der Waals surface area (Å²) in [6.07, 6.45) is 5.28.